The molecule has 2 N–H and O–H groups in total. The highest BCUT2D eigenvalue weighted by Crippen LogP contribution is 2.35. The average molecular weight is 440 g/mol. The van der Waals surface area contributed by atoms with Gasteiger partial charge >= 0.3 is 6.03 Å². The summed E-state index contributed by atoms with van der Waals surface area (Å²) in [4.78, 5) is 39.8. The zero-order chi connectivity index (χ0) is 22.0. The van der Waals surface area contributed by atoms with E-state index >= 15 is 0 Å². The van der Waals surface area contributed by atoms with Crippen LogP contribution in [0.25, 0.3) is 0 Å². The van der Waals surface area contributed by atoms with E-state index in [0.29, 0.717) is 24.3 Å². The molecule has 2 aliphatic rings. The summed E-state index contributed by atoms with van der Waals surface area (Å²) in [7, 11) is 0. The molecule has 0 aromatic heterocycles. The number of carbonyl (C=O) groups excluding carboxylic acids is 3. The maximum absolute atomic E-state index is 13.1. The second kappa shape index (κ2) is 8.71. The molecule has 2 unspecified atom stereocenters. The third-order valence-electron chi connectivity index (χ3n) is 6.29. The lowest BCUT2D eigenvalue weighted by molar-refractivity contribution is -0.138. The van der Waals surface area contributed by atoms with Crippen LogP contribution in [0.3, 0.4) is 0 Å². The van der Waals surface area contributed by atoms with Gasteiger partial charge in [0, 0.05) is 5.02 Å². The van der Waals surface area contributed by atoms with Crippen LogP contribution >= 0.6 is 11.6 Å². The zero-order valence-electron chi connectivity index (χ0n) is 17.4. The minimum absolute atomic E-state index is 0.286. The van der Waals surface area contributed by atoms with Crippen LogP contribution in [0.1, 0.15) is 49.8 Å². The predicted octanol–water partition coefficient (Wildman–Crippen LogP) is 3.99. The van der Waals surface area contributed by atoms with Crippen molar-refractivity contribution in [3.63, 3.8) is 0 Å². The van der Waals surface area contributed by atoms with Crippen LogP contribution in [0.5, 0.6) is 0 Å². The lowest BCUT2D eigenvalue weighted by atomic mass is 9.97. The monoisotopic (exact) mass is 439 g/mol. The number of nitrogens with one attached hydrogen (secondary N) is 2. The van der Waals surface area contributed by atoms with Crippen molar-refractivity contribution < 1.29 is 14.4 Å². The minimum atomic E-state index is -0.899. The van der Waals surface area contributed by atoms with E-state index in [4.69, 9.17) is 11.6 Å². The van der Waals surface area contributed by atoms with Crippen molar-refractivity contribution in [2.75, 3.05) is 0 Å². The molecule has 1 heterocycles. The van der Waals surface area contributed by atoms with Crippen LogP contribution in [0.2, 0.25) is 5.02 Å². The molecular formula is C24H26ClN3O3. The zero-order valence-corrected chi connectivity index (χ0v) is 18.2. The van der Waals surface area contributed by atoms with Gasteiger partial charge in [-0.15, -0.1) is 0 Å². The van der Waals surface area contributed by atoms with Crippen LogP contribution in [0.15, 0.2) is 54.6 Å². The van der Waals surface area contributed by atoms with Crippen molar-refractivity contribution in [3.05, 3.63) is 70.7 Å². The molecule has 2 fully saturated rings. The fraction of sp³-hybridized carbons (Fsp3) is 0.375. The molecule has 2 atom stereocenters. The molecule has 7 heteroatoms. The first-order valence-corrected chi connectivity index (χ1v) is 11.0. The fourth-order valence-corrected chi connectivity index (χ4v) is 4.64. The number of nitrogens with zero attached hydrogens (tertiary/aromatic N) is 1. The molecule has 1 aliphatic heterocycles. The van der Waals surface area contributed by atoms with Gasteiger partial charge < -0.3 is 10.6 Å². The Labute approximate surface area is 187 Å². The lowest BCUT2D eigenvalue weighted by Crippen LogP contribution is -2.50. The molecule has 6 nitrogen and oxygen atoms in total. The van der Waals surface area contributed by atoms with Gasteiger partial charge in [0.2, 0.25) is 5.91 Å². The fourth-order valence-electron chi connectivity index (χ4n) is 4.51. The van der Waals surface area contributed by atoms with Crippen LogP contribution in [0, 0.1) is 0 Å². The molecule has 1 spiro atoms. The van der Waals surface area contributed by atoms with E-state index in [9.17, 15) is 14.4 Å². The number of carbonyl (C=O) groups is 3. The maximum atomic E-state index is 13.1. The average Bonchev–Trinajstić information content (AvgIpc) is 3.33. The van der Waals surface area contributed by atoms with Gasteiger partial charge in [0.15, 0.2) is 0 Å². The molecule has 162 valence electrons. The Morgan fingerprint density at radius 3 is 2.39 bits per heavy atom. The summed E-state index contributed by atoms with van der Waals surface area (Å²) in [6, 6.07) is 15.5. The third kappa shape index (κ3) is 4.30. The van der Waals surface area contributed by atoms with Gasteiger partial charge in [-0.3, -0.25) is 9.59 Å². The third-order valence-corrected chi connectivity index (χ3v) is 6.54. The molecule has 4 amide bonds. The molecule has 2 aromatic carbocycles. The summed E-state index contributed by atoms with van der Waals surface area (Å²) in [5.74, 6) is -0.645. The standard InChI is InChI=1S/C24H26ClN3O3/c1-16(28-22(30)24(27-23(28)31)13-5-6-14-24)21(29)26-20(18-7-3-2-4-8-18)15-17-9-11-19(25)12-10-17/h2-4,7-12,16,20H,5-6,13-15H2,1H3,(H,26,29)(H,27,31). The molecule has 31 heavy (non-hydrogen) atoms. The van der Waals surface area contributed by atoms with Crippen molar-refractivity contribution in [1.82, 2.24) is 15.5 Å². The Morgan fingerprint density at radius 1 is 1.10 bits per heavy atom. The molecule has 1 aliphatic carbocycles. The number of amides is 4. The molecule has 1 saturated carbocycles. The molecule has 4 rings (SSSR count). The minimum Gasteiger partial charge on any atom is -0.347 e. The Balaban J connectivity index is 1.52. The summed E-state index contributed by atoms with van der Waals surface area (Å²) in [6.07, 6.45) is 3.62. The van der Waals surface area contributed by atoms with Gasteiger partial charge in [-0.05, 0) is 49.4 Å². The normalized spacial score (nSPS) is 19.4. The summed E-state index contributed by atoms with van der Waals surface area (Å²) in [6.45, 7) is 1.60. The van der Waals surface area contributed by atoms with Gasteiger partial charge in [-0.2, -0.15) is 0 Å². The Kier molecular flexibility index (Phi) is 6.01. The van der Waals surface area contributed by atoms with Crippen molar-refractivity contribution >= 4 is 29.4 Å². The Hall–Kier alpha value is -2.86. The number of urea groups is 1. The number of halogens is 1. The predicted molar refractivity (Wildman–Crippen MR) is 119 cm³/mol. The van der Waals surface area contributed by atoms with Gasteiger partial charge in [0.25, 0.3) is 5.91 Å². The van der Waals surface area contributed by atoms with Gasteiger partial charge in [0.1, 0.15) is 11.6 Å². The van der Waals surface area contributed by atoms with E-state index in [1.165, 1.54) is 0 Å². The van der Waals surface area contributed by atoms with Crippen LogP contribution < -0.4 is 10.6 Å². The molecular weight excluding hydrogens is 414 g/mol. The topological polar surface area (TPSA) is 78.5 Å². The molecule has 2 aromatic rings. The SMILES string of the molecule is CC(C(=O)NC(Cc1ccc(Cl)cc1)c1ccccc1)N1C(=O)NC2(CCCC2)C1=O. The van der Waals surface area contributed by atoms with Gasteiger partial charge in [0.05, 0.1) is 6.04 Å². The molecule has 1 saturated heterocycles. The Bertz CT molecular complexity index is 971. The first kappa shape index (κ1) is 21.4. The summed E-state index contributed by atoms with van der Waals surface area (Å²) in [5.41, 5.74) is 1.14. The van der Waals surface area contributed by atoms with E-state index in [1.807, 2.05) is 54.6 Å². The first-order valence-electron chi connectivity index (χ1n) is 10.7. The Morgan fingerprint density at radius 2 is 1.74 bits per heavy atom. The number of hydrogen-bond acceptors (Lipinski definition) is 3. The van der Waals surface area contributed by atoms with Crippen molar-refractivity contribution in [2.45, 2.75) is 56.7 Å². The molecule has 0 radical (unpaired) electrons. The van der Waals surface area contributed by atoms with Crippen LogP contribution in [-0.4, -0.2) is 34.3 Å². The summed E-state index contributed by atoms with van der Waals surface area (Å²) in [5, 5.41) is 6.54. The highest BCUT2D eigenvalue weighted by atomic mass is 35.5. The lowest BCUT2D eigenvalue weighted by Gasteiger charge is -2.26. The first-order chi connectivity index (χ1) is 14.9. The summed E-state index contributed by atoms with van der Waals surface area (Å²) < 4.78 is 0. The van der Waals surface area contributed by atoms with Crippen LogP contribution in [-0.2, 0) is 16.0 Å². The quantitative estimate of drug-likeness (QED) is 0.668. The van der Waals surface area contributed by atoms with Gasteiger partial charge in [-0.1, -0.05) is 66.9 Å². The van der Waals surface area contributed by atoms with Crippen molar-refractivity contribution in [2.24, 2.45) is 0 Å². The number of rotatable bonds is 6. The van der Waals surface area contributed by atoms with Gasteiger partial charge in [-0.25, -0.2) is 9.69 Å². The number of imide groups is 1. The smallest absolute Gasteiger partial charge is 0.325 e. The van der Waals surface area contributed by atoms with Crippen LogP contribution in [0.4, 0.5) is 4.79 Å². The number of hydrogen-bond donors (Lipinski definition) is 2. The molecule has 0 bridgehead atoms. The second-order valence-electron chi connectivity index (χ2n) is 8.37. The van der Waals surface area contributed by atoms with E-state index in [-0.39, 0.29) is 17.9 Å². The maximum Gasteiger partial charge on any atom is 0.325 e. The van der Waals surface area contributed by atoms with E-state index in [1.54, 1.807) is 6.92 Å². The number of benzene rings is 2. The van der Waals surface area contributed by atoms with E-state index < -0.39 is 17.6 Å². The highest BCUT2D eigenvalue weighted by Gasteiger charge is 2.54. The second-order valence-corrected chi connectivity index (χ2v) is 8.81. The summed E-state index contributed by atoms with van der Waals surface area (Å²) >= 11 is 6.00. The van der Waals surface area contributed by atoms with Crippen molar-refractivity contribution in [1.29, 1.82) is 0 Å². The van der Waals surface area contributed by atoms with E-state index in [2.05, 4.69) is 10.6 Å². The highest BCUT2D eigenvalue weighted by molar-refractivity contribution is 6.30. The largest absolute Gasteiger partial charge is 0.347 e. The van der Waals surface area contributed by atoms with Crippen molar-refractivity contribution in [3.8, 4) is 0 Å². The van der Waals surface area contributed by atoms with E-state index in [0.717, 1.165) is 28.9 Å².